The Morgan fingerprint density at radius 1 is 1.30 bits per heavy atom. The van der Waals surface area contributed by atoms with E-state index >= 15 is 0 Å². The van der Waals surface area contributed by atoms with Crippen molar-refractivity contribution in [1.29, 1.82) is 0 Å². The normalized spacial score (nSPS) is 20.9. The lowest BCUT2D eigenvalue weighted by Crippen LogP contribution is -2.44. The Bertz CT molecular complexity index is 1090. The summed E-state index contributed by atoms with van der Waals surface area (Å²) in [6, 6.07) is 2.49. The van der Waals surface area contributed by atoms with E-state index in [4.69, 9.17) is 9.79 Å². The van der Waals surface area contributed by atoms with E-state index in [1.165, 1.54) is 23.1 Å². The second-order valence-electron chi connectivity index (χ2n) is 8.05. The summed E-state index contributed by atoms with van der Waals surface area (Å²) >= 11 is 0. The fourth-order valence-electron chi connectivity index (χ4n) is 3.62. The smallest absolute Gasteiger partial charge is 0.405 e. The third kappa shape index (κ3) is 6.48. The molecule has 1 aliphatic carbocycles. The van der Waals surface area contributed by atoms with Crippen molar-refractivity contribution < 1.29 is 37.6 Å². The lowest BCUT2D eigenvalue weighted by Gasteiger charge is -2.27. The maximum Gasteiger partial charge on any atom is 0.524 e. The van der Waals surface area contributed by atoms with Gasteiger partial charge in [0.2, 0.25) is 0 Å². The summed E-state index contributed by atoms with van der Waals surface area (Å²) in [4.78, 5) is 32.3. The highest BCUT2D eigenvalue weighted by atomic mass is 31.2. The van der Waals surface area contributed by atoms with E-state index in [-0.39, 0.29) is 23.8 Å². The number of phosphoric acid groups is 1. The number of phosphoric ester groups is 1. The summed E-state index contributed by atoms with van der Waals surface area (Å²) in [5.41, 5.74) is 1.11. The van der Waals surface area contributed by atoms with Crippen molar-refractivity contribution in [3.63, 3.8) is 0 Å². The van der Waals surface area contributed by atoms with Crippen LogP contribution >= 0.6 is 7.82 Å². The summed E-state index contributed by atoms with van der Waals surface area (Å²) in [7, 11) is -4.71. The number of nitrogens with zero attached hydrogens (tertiary/aromatic N) is 1. The molecule has 3 N–H and O–H groups in total. The molecule has 1 fully saturated rings. The molecule has 33 heavy (non-hydrogen) atoms. The average Bonchev–Trinajstić information content (AvgIpc) is 3.50. The number of rotatable bonds is 8. The number of carbonyl (C=O) groups excluding carboxylic acids is 1. The lowest BCUT2D eigenvalue weighted by molar-refractivity contribution is -0.141. The van der Waals surface area contributed by atoms with E-state index in [2.05, 4.69) is 4.52 Å². The third-order valence-corrected chi connectivity index (χ3v) is 5.96. The molecule has 178 valence electrons. The predicted octanol–water partition coefficient (Wildman–Crippen LogP) is 3.85. The zero-order valence-corrected chi connectivity index (χ0v) is 19.1. The van der Waals surface area contributed by atoms with Gasteiger partial charge in [0.1, 0.15) is 23.5 Å². The molecule has 1 heterocycles. The highest BCUT2D eigenvalue weighted by Gasteiger charge is 2.40. The van der Waals surface area contributed by atoms with Crippen molar-refractivity contribution in [2.75, 3.05) is 6.54 Å². The van der Waals surface area contributed by atoms with E-state index in [1.807, 2.05) is 0 Å². The number of benzene rings is 1. The van der Waals surface area contributed by atoms with Crippen LogP contribution in [0.4, 0.5) is 8.78 Å². The van der Waals surface area contributed by atoms with Crippen molar-refractivity contribution in [3.05, 3.63) is 77.1 Å². The van der Waals surface area contributed by atoms with Gasteiger partial charge in [0.15, 0.2) is 0 Å². The zero-order chi connectivity index (χ0) is 24.3. The Morgan fingerprint density at radius 2 is 2.00 bits per heavy atom. The Balaban J connectivity index is 1.89. The highest BCUT2D eigenvalue weighted by Crippen LogP contribution is 2.39. The van der Waals surface area contributed by atoms with Crippen molar-refractivity contribution in [1.82, 2.24) is 4.90 Å². The molecule has 1 aromatic rings. The average molecular weight is 481 g/mol. The molecule has 1 aliphatic heterocycles. The molecule has 0 unspecified atom stereocenters. The van der Waals surface area contributed by atoms with Gasteiger partial charge in [-0.05, 0) is 74.1 Å². The van der Waals surface area contributed by atoms with Crippen molar-refractivity contribution >= 4 is 19.3 Å². The monoisotopic (exact) mass is 481 g/mol. The van der Waals surface area contributed by atoms with Crippen LogP contribution in [0, 0.1) is 17.6 Å². The van der Waals surface area contributed by atoms with Gasteiger partial charge in [0.25, 0.3) is 5.91 Å². The van der Waals surface area contributed by atoms with Crippen molar-refractivity contribution in [2.45, 2.75) is 38.8 Å². The minimum Gasteiger partial charge on any atom is -0.405 e. The molecule has 10 heteroatoms. The van der Waals surface area contributed by atoms with Gasteiger partial charge in [-0.3, -0.25) is 14.6 Å². The van der Waals surface area contributed by atoms with Gasteiger partial charge in [-0.25, -0.2) is 13.3 Å². The Kier molecular flexibility index (Phi) is 7.69. The summed E-state index contributed by atoms with van der Waals surface area (Å²) in [5, 5.41) is 10.4. The Labute approximate surface area is 190 Å². The summed E-state index contributed by atoms with van der Waals surface area (Å²) in [6.45, 7) is 3.27. The van der Waals surface area contributed by atoms with Gasteiger partial charge in [-0.2, -0.15) is 0 Å². The molecule has 0 aromatic heterocycles. The first-order chi connectivity index (χ1) is 15.5. The minimum absolute atomic E-state index is 0.00395. The van der Waals surface area contributed by atoms with Crippen LogP contribution in [0.1, 0.15) is 32.3 Å². The van der Waals surface area contributed by atoms with Crippen LogP contribution < -0.4 is 0 Å². The van der Waals surface area contributed by atoms with E-state index in [0.717, 1.165) is 31.0 Å². The van der Waals surface area contributed by atoms with Crippen LogP contribution in [0.25, 0.3) is 5.57 Å². The quantitative estimate of drug-likeness (QED) is 0.296. The van der Waals surface area contributed by atoms with E-state index in [1.54, 1.807) is 26.0 Å². The number of amides is 1. The number of aliphatic hydroxyl groups excluding tert-OH is 1. The number of aliphatic hydroxyl groups is 1. The first-order valence-corrected chi connectivity index (χ1v) is 11.9. The molecule has 0 saturated heterocycles. The fraction of sp³-hybridized carbons (Fsp3) is 0.348. The Hall–Kier alpha value is -2.58. The molecule has 1 saturated carbocycles. The van der Waals surface area contributed by atoms with Gasteiger partial charge in [0.05, 0.1) is 6.04 Å². The molecule has 2 aliphatic rings. The third-order valence-electron chi connectivity index (χ3n) is 5.51. The van der Waals surface area contributed by atoms with Gasteiger partial charge >= 0.3 is 7.82 Å². The number of halogens is 2. The van der Waals surface area contributed by atoms with Gasteiger partial charge in [0, 0.05) is 12.1 Å². The van der Waals surface area contributed by atoms with Crippen molar-refractivity contribution in [3.8, 4) is 0 Å². The van der Waals surface area contributed by atoms with Gasteiger partial charge in [-0.1, -0.05) is 18.2 Å². The number of carbonyl (C=O) groups is 1. The lowest BCUT2D eigenvalue weighted by atomic mass is 10.0. The first kappa shape index (κ1) is 25.1. The SMILES string of the molecule is C\C=C(/C=C\C=C(/C)[C@@H]1C=C(c2cc(F)ccc2F)CN1C(=O)[C@@H](O)C1CC1)OP(=O)(O)O. The molecule has 0 spiro atoms. The summed E-state index contributed by atoms with van der Waals surface area (Å²) in [5.74, 6) is -1.85. The summed E-state index contributed by atoms with van der Waals surface area (Å²) < 4.78 is 43.7. The van der Waals surface area contributed by atoms with E-state index in [0.29, 0.717) is 11.1 Å². The maximum atomic E-state index is 14.4. The fourth-order valence-corrected chi connectivity index (χ4v) is 4.06. The van der Waals surface area contributed by atoms with E-state index in [9.17, 15) is 23.2 Å². The number of hydrogen-bond donors (Lipinski definition) is 3. The van der Waals surface area contributed by atoms with Crippen LogP contribution in [-0.2, 0) is 13.9 Å². The van der Waals surface area contributed by atoms with E-state index < -0.39 is 37.5 Å². The topological polar surface area (TPSA) is 107 Å². The molecule has 7 nitrogen and oxygen atoms in total. The molecular formula is C23H26F2NO6P. The minimum atomic E-state index is -4.71. The van der Waals surface area contributed by atoms with Crippen LogP contribution in [0.3, 0.4) is 0 Å². The standard InChI is InChI=1S/C23H26F2NO6P/c1-3-18(32-33(29,30)31)6-4-5-14(2)21-11-16(19-12-17(24)9-10-20(19)25)13-26(21)23(28)22(27)15-7-8-15/h3-6,9-12,15,21-22,27H,7-8,13H2,1-2H3,(H2,29,30,31)/b6-4-,14-5+,18-3+/t21-,22-/m0/s1. The predicted molar refractivity (Wildman–Crippen MR) is 118 cm³/mol. The van der Waals surface area contributed by atoms with Gasteiger partial charge < -0.3 is 14.5 Å². The molecule has 1 aromatic carbocycles. The van der Waals surface area contributed by atoms with Gasteiger partial charge in [-0.15, -0.1) is 0 Å². The number of hydrogen-bond acceptors (Lipinski definition) is 4. The second kappa shape index (κ2) is 10.1. The zero-order valence-electron chi connectivity index (χ0n) is 18.2. The van der Waals surface area contributed by atoms with Crippen molar-refractivity contribution in [2.24, 2.45) is 5.92 Å². The largest absolute Gasteiger partial charge is 0.524 e. The molecule has 3 rings (SSSR count). The molecular weight excluding hydrogens is 455 g/mol. The maximum absolute atomic E-state index is 14.4. The molecule has 0 radical (unpaired) electrons. The van der Waals surface area contributed by atoms with Crippen LogP contribution in [0.15, 0.2) is 59.9 Å². The van der Waals surface area contributed by atoms with Crippen LogP contribution in [-0.4, -0.2) is 44.4 Å². The highest BCUT2D eigenvalue weighted by molar-refractivity contribution is 7.46. The van der Waals surface area contributed by atoms with Crippen LogP contribution in [0.2, 0.25) is 0 Å². The Morgan fingerprint density at radius 3 is 2.61 bits per heavy atom. The molecule has 2 atom stereocenters. The molecule has 1 amide bonds. The first-order valence-electron chi connectivity index (χ1n) is 10.4. The molecule has 0 bridgehead atoms. The summed E-state index contributed by atoms with van der Waals surface area (Å²) in [6.07, 6.45) is 7.84. The second-order valence-corrected chi connectivity index (χ2v) is 9.22. The van der Waals surface area contributed by atoms with Crippen LogP contribution in [0.5, 0.6) is 0 Å². The number of allylic oxidation sites excluding steroid dienone is 4.